The fraction of sp³-hybridized carbons (Fsp3) is 0.300. The van der Waals surface area contributed by atoms with Crippen LogP contribution in [-0.2, 0) is 4.79 Å². The molecular weight excluding hydrogens is 490 g/mol. The van der Waals surface area contributed by atoms with Gasteiger partial charge in [0, 0.05) is 24.7 Å². The van der Waals surface area contributed by atoms with Crippen LogP contribution in [0.1, 0.15) is 54.9 Å². The molecule has 0 bridgehead atoms. The summed E-state index contributed by atoms with van der Waals surface area (Å²) in [4.78, 5) is 42.3. The van der Waals surface area contributed by atoms with Gasteiger partial charge in [0.2, 0.25) is 11.9 Å². The van der Waals surface area contributed by atoms with E-state index in [0.717, 1.165) is 37.2 Å². The summed E-state index contributed by atoms with van der Waals surface area (Å²) in [7, 11) is 0. The number of fused-ring (bicyclic) bond motifs is 1. The number of amides is 1. The summed E-state index contributed by atoms with van der Waals surface area (Å²) in [6.07, 6.45) is 5.96. The van der Waals surface area contributed by atoms with Gasteiger partial charge < -0.3 is 16.0 Å². The molecule has 0 spiro atoms. The average molecular weight is 524 g/mol. The van der Waals surface area contributed by atoms with Crippen molar-refractivity contribution in [2.45, 2.75) is 46.1 Å². The average Bonchev–Trinajstić information content (AvgIpc) is 3.47. The molecule has 200 valence electrons. The van der Waals surface area contributed by atoms with E-state index in [-0.39, 0.29) is 17.4 Å². The molecule has 1 amide bonds. The summed E-state index contributed by atoms with van der Waals surface area (Å²) in [5, 5.41) is 4.06. The highest BCUT2D eigenvalue weighted by Gasteiger charge is 2.23. The number of likely N-dealkylation sites (tertiary alicyclic amines) is 1. The van der Waals surface area contributed by atoms with Gasteiger partial charge in [-0.05, 0) is 62.9 Å². The van der Waals surface area contributed by atoms with E-state index in [2.05, 4.69) is 15.3 Å². The lowest BCUT2D eigenvalue weighted by molar-refractivity contribution is -0.124. The normalized spacial score (nSPS) is 14.3. The lowest BCUT2D eigenvalue weighted by Crippen LogP contribution is -2.29. The number of para-hydroxylation sites is 1. The molecule has 1 unspecified atom stereocenters. The molecule has 9 nitrogen and oxygen atoms in total. The van der Waals surface area contributed by atoms with Gasteiger partial charge in [0.05, 0.1) is 28.3 Å². The van der Waals surface area contributed by atoms with Crippen LogP contribution in [-0.4, -0.2) is 43.4 Å². The molecule has 0 radical (unpaired) electrons. The first-order valence-electron chi connectivity index (χ1n) is 13.3. The van der Waals surface area contributed by atoms with Crippen LogP contribution in [0.25, 0.3) is 22.7 Å². The molecule has 3 heterocycles. The van der Waals surface area contributed by atoms with E-state index in [1.165, 1.54) is 0 Å². The Labute approximate surface area is 227 Å². The van der Waals surface area contributed by atoms with E-state index in [1.54, 1.807) is 16.7 Å². The van der Waals surface area contributed by atoms with Crippen LogP contribution in [0.4, 0.5) is 11.8 Å². The SMILES string of the molecule is CCC(Nc1nc(N)nc(C)c1/C=C/C(=O)N1CCCC1)c1nc2cccc(C)c2c(=O)n1-c1ccccc1. The van der Waals surface area contributed by atoms with Crippen molar-refractivity contribution >= 4 is 34.7 Å². The van der Waals surface area contributed by atoms with Gasteiger partial charge in [0.15, 0.2) is 0 Å². The van der Waals surface area contributed by atoms with Crippen molar-refractivity contribution in [1.29, 1.82) is 0 Å². The predicted molar refractivity (Wildman–Crippen MR) is 155 cm³/mol. The number of nitrogens with zero attached hydrogens (tertiary/aromatic N) is 5. The summed E-state index contributed by atoms with van der Waals surface area (Å²) in [6.45, 7) is 7.32. The van der Waals surface area contributed by atoms with Crippen molar-refractivity contribution in [1.82, 2.24) is 24.4 Å². The van der Waals surface area contributed by atoms with Gasteiger partial charge in [-0.2, -0.15) is 4.98 Å². The maximum atomic E-state index is 13.9. The molecule has 4 aromatic rings. The summed E-state index contributed by atoms with van der Waals surface area (Å²) in [5.74, 6) is 1.13. The Morgan fingerprint density at radius 3 is 2.51 bits per heavy atom. The zero-order chi connectivity index (χ0) is 27.5. The molecule has 3 N–H and O–H groups in total. The zero-order valence-corrected chi connectivity index (χ0v) is 22.5. The van der Waals surface area contributed by atoms with Gasteiger partial charge in [-0.3, -0.25) is 14.2 Å². The minimum atomic E-state index is -0.391. The van der Waals surface area contributed by atoms with Crippen LogP contribution in [0.2, 0.25) is 0 Å². The van der Waals surface area contributed by atoms with Crippen molar-refractivity contribution in [2.24, 2.45) is 0 Å². The Morgan fingerprint density at radius 2 is 1.79 bits per heavy atom. The number of hydrogen-bond donors (Lipinski definition) is 2. The fourth-order valence-electron chi connectivity index (χ4n) is 5.10. The van der Waals surface area contributed by atoms with E-state index >= 15 is 0 Å². The Kier molecular flexibility index (Phi) is 7.40. The molecule has 39 heavy (non-hydrogen) atoms. The van der Waals surface area contributed by atoms with Gasteiger partial charge in [0.1, 0.15) is 11.6 Å². The monoisotopic (exact) mass is 523 g/mol. The van der Waals surface area contributed by atoms with Crippen molar-refractivity contribution in [3.8, 4) is 5.69 Å². The maximum absolute atomic E-state index is 13.9. The van der Waals surface area contributed by atoms with Crippen molar-refractivity contribution in [3.63, 3.8) is 0 Å². The highest BCUT2D eigenvalue weighted by Crippen LogP contribution is 2.28. The molecule has 1 aliphatic heterocycles. The van der Waals surface area contributed by atoms with Gasteiger partial charge in [-0.25, -0.2) is 9.97 Å². The summed E-state index contributed by atoms with van der Waals surface area (Å²) in [5.41, 5.74) is 9.46. The Bertz CT molecular complexity index is 1610. The molecule has 1 aliphatic rings. The van der Waals surface area contributed by atoms with E-state index < -0.39 is 6.04 Å². The third-order valence-corrected chi connectivity index (χ3v) is 7.14. The smallest absolute Gasteiger partial charge is 0.266 e. The third kappa shape index (κ3) is 5.25. The number of aromatic nitrogens is 4. The minimum Gasteiger partial charge on any atom is -0.368 e. The Hall–Kier alpha value is -4.53. The molecule has 1 saturated heterocycles. The van der Waals surface area contributed by atoms with Gasteiger partial charge in [0.25, 0.3) is 5.56 Å². The second-order valence-corrected chi connectivity index (χ2v) is 9.82. The van der Waals surface area contributed by atoms with Crippen LogP contribution < -0.4 is 16.6 Å². The number of hydrogen-bond acceptors (Lipinski definition) is 7. The highest BCUT2D eigenvalue weighted by molar-refractivity contribution is 5.93. The van der Waals surface area contributed by atoms with E-state index in [9.17, 15) is 9.59 Å². The Balaban J connectivity index is 1.61. The highest BCUT2D eigenvalue weighted by atomic mass is 16.2. The number of rotatable bonds is 7. The summed E-state index contributed by atoms with van der Waals surface area (Å²) in [6, 6.07) is 14.8. The van der Waals surface area contributed by atoms with Crippen LogP contribution >= 0.6 is 0 Å². The molecule has 2 aromatic heterocycles. The van der Waals surface area contributed by atoms with E-state index in [1.807, 2.05) is 74.2 Å². The summed E-state index contributed by atoms with van der Waals surface area (Å²) < 4.78 is 1.67. The van der Waals surface area contributed by atoms with Crippen molar-refractivity contribution < 1.29 is 4.79 Å². The van der Waals surface area contributed by atoms with Crippen molar-refractivity contribution in [3.05, 3.63) is 87.6 Å². The molecule has 9 heteroatoms. The van der Waals surface area contributed by atoms with Crippen LogP contribution in [0.3, 0.4) is 0 Å². The predicted octanol–water partition coefficient (Wildman–Crippen LogP) is 4.57. The number of aryl methyl sites for hydroxylation is 2. The van der Waals surface area contributed by atoms with Crippen molar-refractivity contribution in [2.75, 3.05) is 24.1 Å². The number of carbonyl (C=O) groups excluding carboxylic acids is 1. The number of carbonyl (C=O) groups is 1. The van der Waals surface area contributed by atoms with Crippen LogP contribution in [0.5, 0.6) is 0 Å². The number of nitrogens with two attached hydrogens (primary N) is 1. The van der Waals surface area contributed by atoms with Gasteiger partial charge >= 0.3 is 0 Å². The van der Waals surface area contributed by atoms with Crippen LogP contribution in [0.15, 0.2) is 59.4 Å². The standard InChI is InChI=1S/C30H33N7O2/c1-4-23(33-27-22(20(3)32-30(31)35-27)15-16-25(38)36-17-8-9-18-36)28-34-24-14-10-11-19(2)26(24)29(39)37(28)21-12-6-5-7-13-21/h5-7,10-16,23H,4,8-9,17-18H2,1-3H3,(H3,31,32,33,35)/b16-15+. The minimum absolute atomic E-state index is 0.0359. The van der Waals surface area contributed by atoms with E-state index in [4.69, 9.17) is 10.7 Å². The largest absolute Gasteiger partial charge is 0.368 e. The molecule has 0 aliphatic carbocycles. The number of nitrogens with one attached hydrogen (secondary N) is 1. The molecular formula is C30H33N7O2. The second-order valence-electron chi connectivity index (χ2n) is 9.82. The lowest BCUT2D eigenvalue weighted by atomic mass is 10.1. The zero-order valence-electron chi connectivity index (χ0n) is 22.5. The second kappa shape index (κ2) is 11.1. The fourth-order valence-corrected chi connectivity index (χ4v) is 5.10. The quantitative estimate of drug-likeness (QED) is 0.341. The Morgan fingerprint density at radius 1 is 1.05 bits per heavy atom. The topological polar surface area (TPSA) is 119 Å². The first kappa shape index (κ1) is 26.1. The third-order valence-electron chi connectivity index (χ3n) is 7.14. The first-order chi connectivity index (χ1) is 18.9. The van der Waals surface area contributed by atoms with Gasteiger partial charge in [-0.15, -0.1) is 0 Å². The summed E-state index contributed by atoms with van der Waals surface area (Å²) >= 11 is 0. The molecule has 0 saturated carbocycles. The number of nitrogen functional groups attached to an aromatic ring is 1. The van der Waals surface area contributed by atoms with E-state index in [0.29, 0.717) is 40.2 Å². The molecule has 1 atom stereocenters. The molecule has 2 aromatic carbocycles. The number of benzene rings is 2. The maximum Gasteiger partial charge on any atom is 0.266 e. The van der Waals surface area contributed by atoms with Crippen LogP contribution in [0, 0.1) is 13.8 Å². The first-order valence-corrected chi connectivity index (χ1v) is 13.3. The van der Waals surface area contributed by atoms with Gasteiger partial charge in [-0.1, -0.05) is 37.3 Å². The number of anilines is 2. The lowest BCUT2D eigenvalue weighted by Gasteiger charge is -2.23. The molecule has 1 fully saturated rings. The molecule has 5 rings (SSSR count).